The molecule has 0 fully saturated rings. The van der Waals surface area contributed by atoms with Crippen molar-refractivity contribution in [3.8, 4) is 5.75 Å². The number of hydrogen-bond acceptors (Lipinski definition) is 3. The van der Waals surface area contributed by atoms with E-state index < -0.39 is 0 Å². The van der Waals surface area contributed by atoms with Crippen LogP contribution >= 0.6 is 0 Å². The number of nitrogens with one attached hydrogen (secondary N) is 1. The lowest BCUT2D eigenvalue weighted by Crippen LogP contribution is -2.01. The molecule has 0 radical (unpaired) electrons. The number of hydrogen-bond donors (Lipinski definition) is 2. The average Bonchev–Trinajstić information content (AvgIpc) is 2.52. The Bertz CT molecular complexity index is 763. The predicted octanol–water partition coefficient (Wildman–Crippen LogP) is 4.04. The topological polar surface area (TPSA) is 47.3 Å². The maximum Gasteiger partial charge on any atom is 0.122 e. The minimum absolute atomic E-state index is 0.690. The Morgan fingerprint density at radius 2 is 1.81 bits per heavy atom. The summed E-state index contributed by atoms with van der Waals surface area (Å²) in [6.45, 7) is 0.744. The molecule has 3 heteroatoms. The number of nitrogen functional groups attached to an aromatic ring is 1. The lowest BCUT2D eigenvalue weighted by molar-refractivity contribution is 0.415. The molecule has 0 aliphatic rings. The van der Waals surface area contributed by atoms with Crippen LogP contribution < -0.4 is 15.8 Å². The van der Waals surface area contributed by atoms with Gasteiger partial charge in [0.2, 0.25) is 0 Å². The van der Waals surface area contributed by atoms with Crippen molar-refractivity contribution in [3.05, 3.63) is 66.2 Å². The number of fused-ring (bicyclic) bond motifs is 1. The van der Waals surface area contributed by atoms with Gasteiger partial charge in [0.15, 0.2) is 0 Å². The third-order valence-corrected chi connectivity index (χ3v) is 3.53. The van der Waals surface area contributed by atoms with Crippen molar-refractivity contribution in [2.45, 2.75) is 6.54 Å². The second-order valence-electron chi connectivity index (χ2n) is 4.99. The molecule has 3 rings (SSSR count). The summed E-state index contributed by atoms with van der Waals surface area (Å²) in [5.74, 6) is 0.760. The fraction of sp³-hybridized carbons (Fsp3) is 0.111. The van der Waals surface area contributed by atoms with Crippen LogP contribution in [0.1, 0.15) is 5.56 Å². The first-order valence-corrected chi connectivity index (χ1v) is 6.91. The third-order valence-electron chi connectivity index (χ3n) is 3.53. The van der Waals surface area contributed by atoms with Crippen LogP contribution in [0.5, 0.6) is 5.75 Å². The summed E-state index contributed by atoms with van der Waals surface area (Å²) in [4.78, 5) is 0. The Kier molecular flexibility index (Phi) is 3.65. The molecule has 0 saturated heterocycles. The van der Waals surface area contributed by atoms with Gasteiger partial charge in [-0.25, -0.2) is 0 Å². The monoisotopic (exact) mass is 278 g/mol. The molecule has 0 heterocycles. The predicted molar refractivity (Wildman–Crippen MR) is 88.7 cm³/mol. The summed E-state index contributed by atoms with van der Waals surface area (Å²) in [5, 5.41) is 5.93. The van der Waals surface area contributed by atoms with Crippen molar-refractivity contribution >= 4 is 22.1 Å². The van der Waals surface area contributed by atoms with E-state index in [0.717, 1.165) is 18.0 Å². The smallest absolute Gasteiger partial charge is 0.122 e. The normalized spacial score (nSPS) is 10.5. The van der Waals surface area contributed by atoms with Gasteiger partial charge in [-0.3, -0.25) is 0 Å². The van der Waals surface area contributed by atoms with Crippen LogP contribution in [0.25, 0.3) is 10.8 Å². The van der Waals surface area contributed by atoms with Crippen LogP contribution in [0.2, 0.25) is 0 Å². The minimum Gasteiger partial charge on any atom is -0.497 e. The molecule has 0 aromatic heterocycles. The number of nitrogens with two attached hydrogens (primary N) is 1. The molecular weight excluding hydrogens is 260 g/mol. The molecule has 0 saturated carbocycles. The second kappa shape index (κ2) is 5.75. The first-order chi connectivity index (χ1) is 10.3. The molecule has 3 nitrogen and oxygen atoms in total. The van der Waals surface area contributed by atoms with Gasteiger partial charge >= 0.3 is 0 Å². The van der Waals surface area contributed by atoms with E-state index in [2.05, 4.69) is 47.8 Å². The first kappa shape index (κ1) is 13.3. The third kappa shape index (κ3) is 2.92. The van der Waals surface area contributed by atoms with E-state index in [1.165, 1.54) is 16.3 Å². The number of ether oxygens (including phenoxy) is 1. The Morgan fingerprint density at radius 3 is 2.67 bits per heavy atom. The molecule has 3 aromatic carbocycles. The van der Waals surface area contributed by atoms with Crippen LogP contribution in [0, 0.1) is 0 Å². The summed E-state index contributed by atoms with van der Waals surface area (Å²) in [6, 6.07) is 20.4. The maximum absolute atomic E-state index is 5.87. The Morgan fingerprint density at radius 1 is 1.00 bits per heavy atom. The van der Waals surface area contributed by atoms with Gasteiger partial charge in [0.25, 0.3) is 0 Å². The molecule has 0 atom stereocenters. The first-order valence-electron chi connectivity index (χ1n) is 6.91. The molecule has 0 spiro atoms. The van der Waals surface area contributed by atoms with E-state index in [9.17, 15) is 0 Å². The van der Waals surface area contributed by atoms with Crippen LogP contribution in [0.4, 0.5) is 11.4 Å². The quantitative estimate of drug-likeness (QED) is 0.708. The number of rotatable bonds is 4. The molecule has 0 unspecified atom stereocenters. The highest BCUT2D eigenvalue weighted by molar-refractivity contribution is 5.85. The van der Waals surface area contributed by atoms with Gasteiger partial charge in [-0.2, -0.15) is 0 Å². The van der Waals surface area contributed by atoms with Crippen molar-refractivity contribution < 1.29 is 4.74 Å². The highest BCUT2D eigenvalue weighted by Gasteiger charge is 2.02. The Labute approximate surface area is 124 Å². The van der Waals surface area contributed by atoms with E-state index in [1.807, 2.05) is 18.2 Å². The molecule has 0 amide bonds. The number of benzene rings is 3. The van der Waals surface area contributed by atoms with Crippen molar-refractivity contribution in [1.29, 1.82) is 0 Å². The largest absolute Gasteiger partial charge is 0.497 e. The molecular formula is C18H18N2O. The maximum atomic E-state index is 5.87. The van der Waals surface area contributed by atoms with Gasteiger partial charge in [0, 0.05) is 30.1 Å². The summed E-state index contributed by atoms with van der Waals surface area (Å²) < 4.78 is 5.24. The SMILES string of the molecule is COc1cc(N)cc(NCc2cccc3ccccc23)c1. The van der Waals surface area contributed by atoms with Crippen molar-refractivity contribution in [1.82, 2.24) is 0 Å². The van der Waals surface area contributed by atoms with Gasteiger partial charge in [0.1, 0.15) is 5.75 Å². The average molecular weight is 278 g/mol. The van der Waals surface area contributed by atoms with Crippen LogP contribution in [-0.2, 0) is 6.54 Å². The zero-order valence-corrected chi connectivity index (χ0v) is 12.0. The van der Waals surface area contributed by atoms with E-state index in [1.54, 1.807) is 7.11 Å². The Hall–Kier alpha value is -2.68. The van der Waals surface area contributed by atoms with Gasteiger partial charge in [-0.05, 0) is 22.4 Å². The molecule has 0 aliphatic heterocycles. The lowest BCUT2D eigenvalue weighted by Gasteiger charge is -2.11. The molecule has 3 N–H and O–H groups in total. The van der Waals surface area contributed by atoms with Crippen LogP contribution in [0.3, 0.4) is 0 Å². The number of methoxy groups -OCH3 is 1. The van der Waals surface area contributed by atoms with Crippen molar-refractivity contribution in [2.75, 3.05) is 18.2 Å². The standard InChI is InChI=1S/C18H18N2O/c1-21-17-10-15(19)9-16(11-17)20-12-14-7-4-6-13-5-2-3-8-18(13)14/h2-11,20H,12,19H2,1H3. The summed E-state index contributed by atoms with van der Waals surface area (Å²) in [5.41, 5.74) is 8.78. The van der Waals surface area contributed by atoms with Crippen molar-refractivity contribution in [2.24, 2.45) is 0 Å². The molecule has 0 aliphatic carbocycles. The summed E-state index contributed by atoms with van der Waals surface area (Å²) >= 11 is 0. The number of anilines is 2. The van der Waals surface area contributed by atoms with Gasteiger partial charge in [0.05, 0.1) is 7.11 Å². The van der Waals surface area contributed by atoms with Crippen LogP contribution in [-0.4, -0.2) is 7.11 Å². The fourth-order valence-electron chi connectivity index (χ4n) is 2.49. The van der Waals surface area contributed by atoms with Gasteiger partial charge in [-0.1, -0.05) is 42.5 Å². The fourth-order valence-corrected chi connectivity index (χ4v) is 2.49. The van der Waals surface area contributed by atoms with E-state index >= 15 is 0 Å². The minimum atomic E-state index is 0.690. The zero-order valence-electron chi connectivity index (χ0n) is 12.0. The van der Waals surface area contributed by atoms with E-state index in [-0.39, 0.29) is 0 Å². The van der Waals surface area contributed by atoms with E-state index in [0.29, 0.717) is 5.69 Å². The van der Waals surface area contributed by atoms with Gasteiger partial charge < -0.3 is 15.8 Å². The molecule has 21 heavy (non-hydrogen) atoms. The highest BCUT2D eigenvalue weighted by atomic mass is 16.5. The Balaban J connectivity index is 1.85. The van der Waals surface area contributed by atoms with E-state index in [4.69, 9.17) is 10.5 Å². The van der Waals surface area contributed by atoms with Crippen molar-refractivity contribution in [3.63, 3.8) is 0 Å². The summed E-state index contributed by atoms with van der Waals surface area (Å²) in [6.07, 6.45) is 0. The van der Waals surface area contributed by atoms with Gasteiger partial charge in [-0.15, -0.1) is 0 Å². The summed E-state index contributed by atoms with van der Waals surface area (Å²) in [7, 11) is 1.64. The molecule has 3 aromatic rings. The highest BCUT2D eigenvalue weighted by Crippen LogP contribution is 2.24. The second-order valence-corrected chi connectivity index (χ2v) is 4.99. The van der Waals surface area contributed by atoms with Crippen LogP contribution in [0.15, 0.2) is 60.7 Å². The molecule has 0 bridgehead atoms. The zero-order chi connectivity index (χ0) is 14.7. The lowest BCUT2D eigenvalue weighted by atomic mass is 10.0. The molecule has 106 valence electrons.